The molecule has 0 saturated carbocycles. The van der Waals surface area contributed by atoms with Crippen LogP contribution in [0, 0.1) is 6.92 Å². The Kier molecular flexibility index (Phi) is 3.01. The number of nitrogens with one attached hydrogen (secondary N) is 1. The summed E-state index contributed by atoms with van der Waals surface area (Å²) >= 11 is 0. The maximum atomic E-state index is 3.79. The Bertz CT molecular complexity index is 67.3. The van der Waals surface area contributed by atoms with Crippen molar-refractivity contribution in [2.24, 2.45) is 0 Å². The lowest BCUT2D eigenvalue weighted by Crippen LogP contribution is -2.31. The van der Waals surface area contributed by atoms with Crippen molar-refractivity contribution in [3.05, 3.63) is 6.92 Å². The summed E-state index contributed by atoms with van der Waals surface area (Å²) in [6.07, 6.45) is 3.57. The zero-order chi connectivity index (χ0) is 6.53. The molecule has 1 N–H and O–H groups in total. The van der Waals surface area contributed by atoms with Gasteiger partial charge >= 0.3 is 0 Å². The van der Waals surface area contributed by atoms with Crippen LogP contribution in [-0.4, -0.2) is 24.6 Å². The molecule has 2 heteroatoms. The Morgan fingerprint density at radius 1 is 1.56 bits per heavy atom. The van der Waals surface area contributed by atoms with Crippen LogP contribution < -0.4 is 5.43 Å². The first-order valence-electron chi connectivity index (χ1n) is 3.71. The third kappa shape index (κ3) is 2.33. The molecule has 0 spiro atoms. The second-order valence-corrected chi connectivity index (χ2v) is 2.46. The normalized spacial score (nSPS) is 21.0. The van der Waals surface area contributed by atoms with E-state index in [-0.39, 0.29) is 0 Å². The van der Waals surface area contributed by atoms with Crippen LogP contribution in [0.2, 0.25) is 0 Å². The first-order chi connectivity index (χ1) is 4.43. The first kappa shape index (κ1) is 7.03. The summed E-state index contributed by atoms with van der Waals surface area (Å²) in [6.45, 7) is 7.35. The van der Waals surface area contributed by atoms with E-state index in [4.69, 9.17) is 0 Å². The number of hydrogen-bond donors (Lipinski definition) is 1. The number of hydrazine groups is 1. The molecule has 0 unspecified atom stereocenters. The Balaban J connectivity index is 1.98. The molecule has 0 atom stereocenters. The lowest BCUT2D eigenvalue weighted by atomic mass is 10.3. The summed E-state index contributed by atoms with van der Waals surface area (Å²) < 4.78 is 0. The average molecular weight is 127 g/mol. The van der Waals surface area contributed by atoms with Crippen molar-refractivity contribution in [2.45, 2.75) is 19.3 Å². The van der Waals surface area contributed by atoms with Crippen LogP contribution in [0.3, 0.4) is 0 Å². The van der Waals surface area contributed by atoms with Crippen molar-refractivity contribution in [3.8, 4) is 0 Å². The largest absolute Gasteiger partial charge is 0.255 e. The Labute approximate surface area is 57.2 Å². The maximum Gasteiger partial charge on any atom is 0.0143 e. The average Bonchev–Trinajstić information content (AvgIpc) is 2.34. The summed E-state index contributed by atoms with van der Waals surface area (Å²) in [4.78, 5) is 0. The molecule has 0 amide bonds. The molecule has 1 rings (SSSR count). The van der Waals surface area contributed by atoms with Crippen LogP contribution >= 0.6 is 0 Å². The van der Waals surface area contributed by atoms with Crippen molar-refractivity contribution < 1.29 is 0 Å². The molecule has 2 nitrogen and oxygen atoms in total. The molecule has 0 aromatic heterocycles. The van der Waals surface area contributed by atoms with Crippen molar-refractivity contribution in [2.75, 3.05) is 19.6 Å². The topological polar surface area (TPSA) is 15.3 Å². The summed E-state index contributed by atoms with van der Waals surface area (Å²) in [7, 11) is 0. The number of hydrogen-bond acceptors (Lipinski definition) is 2. The second kappa shape index (κ2) is 3.85. The predicted octanol–water partition coefficient (Wildman–Crippen LogP) is 0.811. The van der Waals surface area contributed by atoms with Gasteiger partial charge in [-0.15, -0.1) is 0 Å². The van der Waals surface area contributed by atoms with E-state index in [0.29, 0.717) is 0 Å². The number of nitrogens with zero attached hydrogens (tertiary/aromatic N) is 1. The van der Waals surface area contributed by atoms with E-state index in [9.17, 15) is 0 Å². The van der Waals surface area contributed by atoms with Crippen LogP contribution in [0.25, 0.3) is 0 Å². The minimum atomic E-state index is 1.05. The monoisotopic (exact) mass is 127 g/mol. The first-order valence-corrected chi connectivity index (χ1v) is 3.71. The van der Waals surface area contributed by atoms with E-state index >= 15 is 0 Å². The van der Waals surface area contributed by atoms with Gasteiger partial charge in [0.2, 0.25) is 0 Å². The summed E-state index contributed by atoms with van der Waals surface area (Å²) in [5.41, 5.74) is 3.30. The molecular formula is C7H15N2. The van der Waals surface area contributed by atoms with Gasteiger partial charge in [0.15, 0.2) is 0 Å². The SMILES string of the molecule is [CH2]CCCN1CCCN1. The predicted molar refractivity (Wildman–Crippen MR) is 38.8 cm³/mol. The summed E-state index contributed by atoms with van der Waals surface area (Å²) in [5.74, 6) is 0. The lowest BCUT2D eigenvalue weighted by Gasteiger charge is -2.13. The molecule has 0 bridgehead atoms. The quantitative estimate of drug-likeness (QED) is 0.603. The Hall–Kier alpha value is -0.0800. The molecule has 1 saturated heterocycles. The molecular weight excluding hydrogens is 112 g/mol. The van der Waals surface area contributed by atoms with Gasteiger partial charge in [-0.1, -0.05) is 13.3 Å². The fourth-order valence-electron chi connectivity index (χ4n) is 1.08. The van der Waals surface area contributed by atoms with Gasteiger partial charge in [0.05, 0.1) is 0 Å². The highest BCUT2D eigenvalue weighted by Crippen LogP contribution is 1.97. The van der Waals surface area contributed by atoms with Gasteiger partial charge in [0, 0.05) is 19.6 Å². The third-order valence-corrected chi connectivity index (χ3v) is 1.62. The van der Waals surface area contributed by atoms with Crippen LogP contribution in [-0.2, 0) is 0 Å². The van der Waals surface area contributed by atoms with Crippen molar-refractivity contribution in [3.63, 3.8) is 0 Å². The van der Waals surface area contributed by atoms with E-state index in [0.717, 1.165) is 13.0 Å². The second-order valence-electron chi connectivity index (χ2n) is 2.46. The van der Waals surface area contributed by atoms with Gasteiger partial charge in [0.25, 0.3) is 0 Å². The minimum absolute atomic E-state index is 1.05. The highest BCUT2D eigenvalue weighted by molar-refractivity contribution is 4.61. The van der Waals surface area contributed by atoms with Crippen LogP contribution in [0.15, 0.2) is 0 Å². The van der Waals surface area contributed by atoms with E-state index in [2.05, 4.69) is 17.4 Å². The fraction of sp³-hybridized carbons (Fsp3) is 0.857. The zero-order valence-corrected chi connectivity index (χ0v) is 5.90. The van der Waals surface area contributed by atoms with Gasteiger partial charge in [-0.05, 0) is 12.8 Å². The summed E-state index contributed by atoms with van der Waals surface area (Å²) in [6, 6.07) is 0. The zero-order valence-electron chi connectivity index (χ0n) is 5.90. The van der Waals surface area contributed by atoms with E-state index < -0.39 is 0 Å². The summed E-state index contributed by atoms with van der Waals surface area (Å²) in [5, 5.41) is 2.28. The molecule has 1 fully saturated rings. The fourth-order valence-corrected chi connectivity index (χ4v) is 1.08. The highest BCUT2D eigenvalue weighted by atomic mass is 15.5. The molecule has 0 aromatic carbocycles. The van der Waals surface area contributed by atoms with E-state index in [1.807, 2.05) is 0 Å². The van der Waals surface area contributed by atoms with Crippen molar-refractivity contribution in [1.82, 2.24) is 10.4 Å². The highest BCUT2D eigenvalue weighted by Gasteiger charge is 2.07. The van der Waals surface area contributed by atoms with Gasteiger partial charge < -0.3 is 0 Å². The van der Waals surface area contributed by atoms with E-state index in [1.165, 1.54) is 25.9 Å². The molecule has 1 aliphatic heterocycles. The van der Waals surface area contributed by atoms with Crippen molar-refractivity contribution in [1.29, 1.82) is 0 Å². The van der Waals surface area contributed by atoms with Gasteiger partial charge in [-0.25, -0.2) is 5.01 Å². The number of rotatable bonds is 3. The molecule has 0 aliphatic carbocycles. The molecule has 0 aromatic rings. The van der Waals surface area contributed by atoms with Gasteiger partial charge in [-0.2, -0.15) is 0 Å². The number of unbranched alkanes of at least 4 members (excludes halogenated alkanes) is 1. The van der Waals surface area contributed by atoms with Crippen molar-refractivity contribution >= 4 is 0 Å². The third-order valence-electron chi connectivity index (χ3n) is 1.62. The standard InChI is InChI=1S/C7H15N2/c1-2-3-6-9-7-4-5-8-9/h8H,1-7H2. The van der Waals surface area contributed by atoms with E-state index in [1.54, 1.807) is 0 Å². The Morgan fingerprint density at radius 2 is 2.44 bits per heavy atom. The molecule has 1 radical (unpaired) electrons. The molecule has 1 heterocycles. The molecule has 9 heavy (non-hydrogen) atoms. The lowest BCUT2D eigenvalue weighted by molar-refractivity contribution is 0.251. The van der Waals surface area contributed by atoms with Crippen LogP contribution in [0.1, 0.15) is 19.3 Å². The molecule has 1 aliphatic rings. The molecule has 53 valence electrons. The van der Waals surface area contributed by atoms with Gasteiger partial charge in [0.1, 0.15) is 0 Å². The van der Waals surface area contributed by atoms with Crippen LogP contribution in [0.4, 0.5) is 0 Å². The van der Waals surface area contributed by atoms with Crippen LogP contribution in [0.5, 0.6) is 0 Å². The maximum absolute atomic E-state index is 3.79. The smallest absolute Gasteiger partial charge is 0.0143 e. The minimum Gasteiger partial charge on any atom is -0.255 e. The van der Waals surface area contributed by atoms with Gasteiger partial charge in [-0.3, -0.25) is 5.43 Å². The Morgan fingerprint density at radius 3 is 3.00 bits per heavy atom.